The number of fused-ring (bicyclic) bond motifs is 1. The molecule has 0 bridgehead atoms. The molecule has 0 saturated heterocycles. The number of nitrogens with zero attached hydrogens (tertiary/aromatic N) is 2. The molecule has 1 atom stereocenters. The summed E-state index contributed by atoms with van der Waals surface area (Å²) in [6.07, 6.45) is 7.33. The largest absolute Gasteiger partial charge is 0.245 e. The molecule has 0 aliphatic heterocycles. The second kappa shape index (κ2) is 2.61. The van der Waals surface area contributed by atoms with E-state index in [1.165, 1.54) is 24.1 Å². The quantitative estimate of drug-likeness (QED) is 0.561. The minimum absolute atomic E-state index is 0.667. The van der Waals surface area contributed by atoms with Crippen molar-refractivity contribution in [2.45, 2.75) is 32.1 Å². The van der Waals surface area contributed by atoms with E-state index in [0.29, 0.717) is 5.92 Å². The van der Waals surface area contributed by atoms with Crippen LogP contribution in [0.5, 0.6) is 0 Å². The zero-order valence-corrected chi connectivity index (χ0v) is 6.75. The Morgan fingerprint density at radius 2 is 2.45 bits per heavy atom. The van der Waals surface area contributed by atoms with Gasteiger partial charge >= 0.3 is 0 Å². The van der Waals surface area contributed by atoms with Crippen molar-refractivity contribution in [3.63, 3.8) is 0 Å². The van der Waals surface area contributed by atoms with Crippen LogP contribution in [-0.4, -0.2) is 9.97 Å². The molecule has 0 unspecified atom stereocenters. The zero-order valence-electron chi connectivity index (χ0n) is 6.75. The average Bonchev–Trinajstić information content (AvgIpc) is 2.06. The number of hydrogen-bond acceptors (Lipinski definition) is 2. The fourth-order valence-electron chi connectivity index (χ4n) is 1.72. The molecule has 58 valence electrons. The number of hydrogen-bond donors (Lipinski definition) is 0. The molecule has 0 spiro atoms. The van der Waals surface area contributed by atoms with Gasteiger partial charge in [0.2, 0.25) is 0 Å². The van der Waals surface area contributed by atoms with Crippen LogP contribution in [0.2, 0.25) is 0 Å². The molecule has 2 heteroatoms. The average molecular weight is 148 g/mol. The van der Waals surface area contributed by atoms with Gasteiger partial charge in [0.15, 0.2) is 0 Å². The number of rotatable bonds is 0. The van der Waals surface area contributed by atoms with Crippen LogP contribution in [0, 0.1) is 0 Å². The highest BCUT2D eigenvalue weighted by atomic mass is 14.8. The summed E-state index contributed by atoms with van der Waals surface area (Å²) in [7, 11) is 0. The normalized spacial score (nSPS) is 22.8. The molecular formula is C9H12N2. The van der Waals surface area contributed by atoms with Gasteiger partial charge in [0.05, 0.1) is 0 Å². The third-order valence-corrected chi connectivity index (χ3v) is 2.41. The topological polar surface area (TPSA) is 25.8 Å². The Labute approximate surface area is 66.7 Å². The van der Waals surface area contributed by atoms with E-state index in [4.69, 9.17) is 0 Å². The highest BCUT2D eigenvalue weighted by Crippen LogP contribution is 2.28. The molecule has 1 aliphatic rings. The molecule has 0 N–H and O–H groups in total. The molecule has 2 nitrogen and oxygen atoms in total. The van der Waals surface area contributed by atoms with E-state index < -0.39 is 0 Å². The van der Waals surface area contributed by atoms with E-state index in [0.717, 1.165) is 6.42 Å². The van der Waals surface area contributed by atoms with Gasteiger partial charge in [-0.1, -0.05) is 6.92 Å². The van der Waals surface area contributed by atoms with E-state index >= 15 is 0 Å². The summed E-state index contributed by atoms with van der Waals surface area (Å²) in [5, 5.41) is 0. The van der Waals surface area contributed by atoms with Crippen molar-refractivity contribution in [2.75, 3.05) is 0 Å². The Hall–Kier alpha value is -0.920. The first-order chi connectivity index (χ1) is 5.38. The summed E-state index contributed by atoms with van der Waals surface area (Å²) in [6.45, 7) is 2.25. The molecule has 0 fully saturated rings. The van der Waals surface area contributed by atoms with Crippen LogP contribution < -0.4 is 0 Å². The van der Waals surface area contributed by atoms with Crippen molar-refractivity contribution in [1.82, 2.24) is 9.97 Å². The first-order valence-electron chi connectivity index (χ1n) is 4.16. The van der Waals surface area contributed by atoms with Crippen molar-refractivity contribution in [3.8, 4) is 0 Å². The molecule has 1 aliphatic carbocycles. The van der Waals surface area contributed by atoms with Crippen molar-refractivity contribution in [3.05, 3.63) is 23.8 Å². The van der Waals surface area contributed by atoms with Gasteiger partial charge in [0, 0.05) is 11.9 Å². The summed E-state index contributed by atoms with van der Waals surface area (Å²) < 4.78 is 0. The van der Waals surface area contributed by atoms with Crippen LogP contribution >= 0.6 is 0 Å². The number of aryl methyl sites for hydroxylation is 1. The molecule has 0 saturated carbocycles. The summed E-state index contributed by atoms with van der Waals surface area (Å²) in [6, 6.07) is 0. The lowest BCUT2D eigenvalue weighted by Gasteiger charge is -2.19. The Morgan fingerprint density at radius 3 is 3.27 bits per heavy atom. The molecule has 11 heavy (non-hydrogen) atoms. The predicted octanol–water partition coefficient (Wildman–Crippen LogP) is 1.92. The van der Waals surface area contributed by atoms with Crippen LogP contribution in [0.15, 0.2) is 12.5 Å². The van der Waals surface area contributed by atoms with Gasteiger partial charge in [-0.25, -0.2) is 9.97 Å². The lowest BCUT2D eigenvalue weighted by atomic mass is 9.88. The van der Waals surface area contributed by atoms with Crippen molar-refractivity contribution in [2.24, 2.45) is 0 Å². The Bertz CT molecular complexity index is 257. The van der Waals surface area contributed by atoms with Gasteiger partial charge in [-0.2, -0.15) is 0 Å². The van der Waals surface area contributed by atoms with Crippen LogP contribution in [0.1, 0.15) is 36.9 Å². The van der Waals surface area contributed by atoms with Crippen LogP contribution in [0.25, 0.3) is 0 Å². The molecule has 1 aromatic heterocycles. The molecule has 1 heterocycles. The molecule has 2 rings (SSSR count). The summed E-state index contributed by atoms with van der Waals surface area (Å²) in [4.78, 5) is 8.30. The Kier molecular flexibility index (Phi) is 1.60. The molecule has 1 aromatic rings. The number of aromatic nitrogens is 2. The van der Waals surface area contributed by atoms with E-state index in [2.05, 4.69) is 16.9 Å². The second-order valence-electron chi connectivity index (χ2n) is 3.22. The third kappa shape index (κ3) is 1.13. The van der Waals surface area contributed by atoms with Gasteiger partial charge in [0.1, 0.15) is 6.33 Å². The van der Waals surface area contributed by atoms with Gasteiger partial charge in [-0.15, -0.1) is 0 Å². The summed E-state index contributed by atoms with van der Waals surface area (Å²) in [5.41, 5.74) is 2.62. The highest BCUT2D eigenvalue weighted by Gasteiger charge is 2.16. The summed E-state index contributed by atoms with van der Waals surface area (Å²) >= 11 is 0. The lowest BCUT2D eigenvalue weighted by Crippen LogP contribution is -2.09. The first kappa shape index (κ1) is 6.77. The predicted molar refractivity (Wildman–Crippen MR) is 43.4 cm³/mol. The zero-order chi connectivity index (χ0) is 7.68. The van der Waals surface area contributed by atoms with Crippen molar-refractivity contribution < 1.29 is 0 Å². The smallest absolute Gasteiger partial charge is 0.115 e. The van der Waals surface area contributed by atoms with Crippen molar-refractivity contribution in [1.29, 1.82) is 0 Å². The van der Waals surface area contributed by atoms with Gasteiger partial charge in [-0.3, -0.25) is 0 Å². The fourth-order valence-corrected chi connectivity index (χ4v) is 1.72. The molecule has 0 radical (unpaired) electrons. The standard InChI is InChI=1S/C9H12N2/c1-7-3-2-4-9-8(7)5-10-6-11-9/h5-7H,2-4H2,1H3/t7-/m1/s1. The van der Waals surface area contributed by atoms with Gasteiger partial charge in [0.25, 0.3) is 0 Å². The van der Waals surface area contributed by atoms with Crippen LogP contribution in [0.3, 0.4) is 0 Å². The van der Waals surface area contributed by atoms with Crippen molar-refractivity contribution >= 4 is 0 Å². The van der Waals surface area contributed by atoms with Gasteiger partial charge in [-0.05, 0) is 30.7 Å². The van der Waals surface area contributed by atoms with Crippen LogP contribution in [0.4, 0.5) is 0 Å². The Balaban J connectivity index is 2.44. The van der Waals surface area contributed by atoms with E-state index in [1.54, 1.807) is 6.33 Å². The monoisotopic (exact) mass is 148 g/mol. The van der Waals surface area contributed by atoms with E-state index in [1.807, 2.05) is 6.20 Å². The van der Waals surface area contributed by atoms with Crippen LogP contribution in [-0.2, 0) is 6.42 Å². The maximum Gasteiger partial charge on any atom is 0.115 e. The fraction of sp³-hybridized carbons (Fsp3) is 0.556. The molecule has 0 aromatic carbocycles. The maximum atomic E-state index is 4.26. The van der Waals surface area contributed by atoms with E-state index in [9.17, 15) is 0 Å². The SMILES string of the molecule is C[C@@H]1CCCc2ncncc21. The van der Waals surface area contributed by atoms with Gasteiger partial charge < -0.3 is 0 Å². The first-order valence-corrected chi connectivity index (χ1v) is 4.16. The summed E-state index contributed by atoms with van der Waals surface area (Å²) in [5.74, 6) is 0.667. The molecule has 0 amide bonds. The maximum absolute atomic E-state index is 4.26. The second-order valence-corrected chi connectivity index (χ2v) is 3.22. The Morgan fingerprint density at radius 1 is 1.55 bits per heavy atom. The third-order valence-electron chi connectivity index (χ3n) is 2.41. The lowest BCUT2D eigenvalue weighted by molar-refractivity contribution is 0.574. The highest BCUT2D eigenvalue weighted by molar-refractivity contribution is 5.22. The molecular weight excluding hydrogens is 136 g/mol. The van der Waals surface area contributed by atoms with E-state index in [-0.39, 0.29) is 0 Å². The minimum Gasteiger partial charge on any atom is -0.245 e. The minimum atomic E-state index is 0.667.